The van der Waals surface area contributed by atoms with Crippen molar-refractivity contribution in [1.82, 2.24) is 14.5 Å². The highest BCUT2D eigenvalue weighted by Crippen LogP contribution is 2.53. The summed E-state index contributed by atoms with van der Waals surface area (Å²) >= 11 is 3.60. The number of hydrogen-bond acceptors (Lipinski definition) is 4. The van der Waals surface area contributed by atoms with Crippen LogP contribution in [0, 0.1) is 0 Å². The molecule has 5 nitrogen and oxygen atoms in total. The Morgan fingerprint density at radius 2 is 2.07 bits per heavy atom. The van der Waals surface area contributed by atoms with Gasteiger partial charge in [-0.1, -0.05) is 47.1 Å². The zero-order valence-electron chi connectivity index (χ0n) is 16.7. The predicted octanol–water partition coefficient (Wildman–Crippen LogP) is 5.77. The fourth-order valence-corrected chi connectivity index (χ4v) is 4.73. The molecule has 0 amide bonds. The first-order chi connectivity index (χ1) is 14.5. The van der Waals surface area contributed by atoms with Crippen molar-refractivity contribution in [1.29, 1.82) is 0 Å². The second kappa shape index (κ2) is 7.06. The zero-order chi connectivity index (χ0) is 20.9. The number of nitrogens with zero attached hydrogens (tertiary/aromatic N) is 3. The van der Waals surface area contributed by atoms with Gasteiger partial charge in [0.15, 0.2) is 5.60 Å². The average molecular weight is 462 g/mol. The van der Waals surface area contributed by atoms with Crippen LogP contribution in [0.25, 0.3) is 27.8 Å². The molecule has 0 saturated heterocycles. The fourth-order valence-electron chi connectivity index (χ4n) is 4.37. The van der Waals surface area contributed by atoms with Crippen molar-refractivity contribution in [3.8, 4) is 16.9 Å². The second-order valence-electron chi connectivity index (χ2n) is 7.62. The minimum atomic E-state index is -0.943. The number of hydrogen-bond donors (Lipinski definition) is 0. The Bertz CT molecular complexity index is 1280. The first-order valence-corrected chi connectivity index (χ1v) is 10.8. The van der Waals surface area contributed by atoms with Crippen LogP contribution in [0.4, 0.5) is 0 Å². The SMILES string of the molecule is CCCC(=O)OC1(C)c2ccccc2-c2c1c(-n1ccnc1)nc1ccc(Br)cc21. The highest BCUT2D eigenvalue weighted by molar-refractivity contribution is 9.10. The summed E-state index contributed by atoms with van der Waals surface area (Å²) in [5.41, 5.74) is 3.90. The molecule has 6 heteroatoms. The molecular weight excluding hydrogens is 442 g/mol. The third-order valence-corrected chi connectivity index (χ3v) is 6.13. The van der Waals surface area contributed by atoms with E-state index in [4.69, 9.17) is 9.72 Å². The molecule has 2 heterocycles. The highest BCUT2D eigenvalue weighted by Gasteiger charge is 2.46. The third kappa shape index (κ3) is 2.78. The van der Waals surface area contributed by atoms with Crippen LogP contribution >= 0.6 is 15.9 Å². The summed E-state index contributed by atoms with van der Waals surface area (Å²) in [7, 11) is 0. The van der Waals surface area contributed by atoms with E-state index in [1.165, 1.54) is 0 Å². The summed E-state index contributed by atoms with van der Waals surface area (Å²) in [4.78, 5) is 21.9. The molecular formula is C24H20BrN3O2. The molecule has 0 N–H and O–H groups in total. The summed E-state index contributed by atoms with van der Waals surface area (Å²) in [5.74, 6) is 0.508. The van der Waals surface area contributed by atoms with Crippen LogP contribution in [0.3, 0.4) is 0 Å². The number of benzene rings is 2. The second-order valence-corrected chi connectivity index (χ2v) is 8.54. The minimum Gasteiger partial charge on any atom is -0.449 e. The van der Waals surface area contributed by atoms with Gasteiger partial charge in [0.25, 0.3) is 0 Å². The zero-order valence-corrected chi connectivity index (χ0v) is 18.3. The number of pyridine rings is 1. The summed E-state index contributed by atoms with van der Waals surface area (Å²) in [6.45, 7) is 3.95. The Hall–Kier alpha value is -2.99. The van der Waals surface area contributed by atoms with Crippen molar-refractivity contribution < 1.29 is 9.53 Å². The number of fused-ring (bicyclic) bond motifs is 5. The Morgan fingerprint density at radius 1 is 1.23 bits per heavy atom. The van der Waals surface area contributed by atoms with Crippen molar-refractivity contribution in [3.63, 3.8) is 0 Å². The smallest absolute Gasteiger partial charge is 0.306 e. The number of carbonyl (C=O) groups is 1. The van der Waals surface area contributed by atoms with E-state index in [1.54, 1.807) is 12.5 Å². The largest absolute Gasteiger partial charge is 0.449 e. The van der Waals surface area contributed by atoms with E-state index in [9.17, 15) is 4.79 Å². The van der Waals surface area contributed by atoms with Gasteiger partial charge in [-0.05, 0) is 37.1 Å². The molecule has 0 bridgehead atoms. The Morgan fingerprint density at radius 3 is 2.83 bits per heavy atom. The number of esters is 1. The van der Waals surface area contributed by atoms with Crippen molar-refractivity contribution >= 4 is 32.8 Å². The van der Waals surface area contributed by atoms with Crippen molar-refractivity contribution in [2.24, 2.45) is 0 Å². The molecule has 150 valence electrons. The molecule has 4 aromatic rings. The molecule has 5 rings (SSSR count). The normalized spacial score (nSPS) is 17.0. The van der Waals surface area contributed by atoms with Crippen LogP contribution in [0.5, 0.6) is 0 Å². The van der Waals surface area contributed by atoms with Gasteiger partial charge in [-0.15, -0.1) is 0 Å². The van der Waals surface area contributed by atoms with Gasteiger partial charge in [0.1, 0.15) is 12.1 Å². The molecule has 0 saturated carbocycles. The van der Waals surface area contributed by atoms with Gasteiger partial charge in [0.2, 0.25) is 0 Å². The average Bonchev–Trinajstić information content (AvgIpc) is 3.34. The molecule has 0 fully saturated rings. The van der Waals surface area contributed by atoms with Gasteiger partial charge in [0, 0.05) is 39.8 Å². The number of aromatic nitrogens is 3. The molecule has 1 aliphatic rings. The molecule has 1 unspecified atom stereocenters. The van der Waals surface area contributed by atoms with Gasteiger partial charge in [-0.2, -0.15) is 0 Å². The van der Waals surface area contributed by atoms with E-state index < -0.39 is 5.60 Å². The number of ether oxygens (including phenoxy) is 1. The van der Waals surface area contributed by atoms with Crippen molar-refractivity contribution in [2.75, 3.05) is 0 Å². The molecule has 2 aromatic carbocycles. The van der Waals surface area contributed by atoms with E-state index >= 15 is 0 Å². The van der Waals surface area contributed by atoms with Crippen molar-refractivity contribution in [3.05, 3.63) is 76.8 Å². The minimum absolute atomic E-state index is 0.214. The first-order valence-electron chi connectivity index (χ1n) is 9.96. The maximum Gasteiger partial charge on any atom is 0.306 e. The standard InChI is InChI=1S/C24H20BrN3O2/c1-3-6-20(29)30-24(2)18-8-5-4-7-16(18)21-17-13-15(25)9-10-19(17)27-23(22(21)24)28-12-11-26-14-28/h4-5,7-14H,3,6H2,1-2H3. The summed E-state index contributed by atoms with van der Waals surface area (Å²) in [6, 6.07) is 14.2. The topological polar surface area (TPSA) is 57.0 Å². The van der Waals surface area contributed by atoms with Crippen LogP contribution < -0.4 is 0 Å². The predicted molar refractivity (Wildman–Crippen MR) is 119 cm³/mol. The van der Waals surface area contributed by atoms with E-state index in [0.29, 0.717) is 6.42 Å². The van der Waals surface area contributed by atoms with Gasteiger partial charge < -0.3 is 4.74 Å². The maximum absolute atomic E-state index is 12.7. The highest BCUT2D eigenvalue weighted by atomic mass is 79.9. The molecule has 30 heavy (non-hydrogen) atoms. The van der Waals surface area contributed by atoms with E-state index in [-0.39, 0.29) is 5.97 Å². The van der Waals surface area contributed by atoms with Gasteiger partial charge in [-0.25, -0.2) is 9.97 Å². The van der Waals surface area contributed by atoms with Crippen LogP contribution in [0.15, 0.2) is 65.7 Å². The van der Waals surface area contributed by atoms with Crippen molar-refractivity contribution in [2.45, 2.75) is 32.3 Å². The fraction of sp³-hybridized carbons (Fsp3) is 0.208. The van der Waals surface area contributed by atoms with Crippen LogP contribution in [-0.4, -0.2) is 20.5 Å². The lowest BCUT2D eigenvalue weighted by atomic mass is 9.92. The lowest BCUT2D eigenvalue weighted by molar-refractivity contribution is -0.155. The van der Waals surface area contributed by atoms with Crippen LogP contribution in [0.2, 0.25) is 0 Å². The lowest BCUT2D eigenvalue weighted by Gasteiger charge is -2.29. The molecule has 2 aromatic heterocycles. The Kier molecular flexibility index (Phi) is 4.47. The number of carbonyl (C=O) groups excluding carboxylic acids is 1. The molecule has 0 aliphatic heterocycles. The molecule has 1 aliphatic carbocycles. The summed E-state index contributed by atoms with van der Waals surface area (Å²) in [5, 5.41) is 1.02. The quantitative estimate of drug-likeness (QED) is 0.362. The molecule has 1 atom stereocenters. The molecule has 0 radical (unpaired) electrons. The van der Waals surface area contributed by atoms with Gasteiger partial charge in [0.05, 0.1) is 11.1 Å². The van der Waals surface area contributed by atoms with E-state index in [1.807, 2.05) is 54.9 Å². The Balaban J connectivity index is 1.90. The van der Waals surface area contributed by atoms with Gasteiger partial charge in [-0.3, -0.25) is 9.36 Å². The lowest BCUT2D eigenvalue weighted by Crippen LogP contribution is -2.30. The van der Waals surface area contributed by atoms with Gasteiger partial charge >= 0.3 is 5.97 Å². The number of halogens is 1. The number of imidazole rings is 1. The van der Waals surface area contributed by atoms with Crippen LogP contribution in [0.1, 0.15) is 37.8 Å². The van der Waals surface area contributed by atoms with Crippen LogP contribution in [-0.2, 0) is 15.1 Å². The maximum atomic E-state index is 12.7. The third-order valence-electron chi connectivity index (χ3n) is 5.64. The first kappa shape index (κ1) is 19.0. The number of rotatable bonds is 4. The Labute approximate surface area is 182 Å². The monoisotopic (exact) mass is 461 g/mol. The summed E-state index contributed by atoms with van der Waals surface area (Å²) in [6.07, 6.45) is 6.43. The van der Waals surface area contributed by atoms with E-state index in [0.717, 1.165) is 49.9 Å². The summed E-state index contributed by atoms with van der Waals surface area (Å²) < 4.78 is 9.05. The van der Waals surface area contributed by atoms with E-state index in [2.05, 4.69) is 33.0 Å². The molecule has 0 spiro atoms.